The van der Waals surface area contributed by atoms with Gasteiger partial charge >= 0.3 is 12.1 Å². The number of ether oxygens (including phenoxy) is 2. The van der Waals surface area contributed by atoms with Crippen molar-refractivity contribution in [3.05, 3.63) is 22.4 Å². The summed E-state index contributed by atoms with van der Waals surface area (Å²) in [6, 6.07) is 3.74. The summed E-state index contributed by atoms with van der Waals surface area (Å²) in [6.07, 6.45) is -0.570. The molecule has 0 fully saturated rings. The van der Waals surface area contributed by atoms with Crippen molar-refractivity contribution in [1.29, 1.82) is 0 Å². The third-order valence-corrected chi connectivity index (χ3v) is 3.86. The van der Waals surface area contributed by atoms with Crippen LogP contribution in [0.1, 0.15) is 24.3 Å². The molecule has 0 bridgehead atoms. The van der Waals surface area contributed by atoms with Crippen LogP contribution in [0.2, 0.25) is 0 Å². The van der Waals surface area contributed by atoms with Gasteiger partial charge in [0, 0.05) is 31.8 Å². The number of hydrogen-bond donors (Lipinski definition) is 0. The molecule has 1 aromatic rings. The summed E-state index contributed by atoms with van der Waals surface area (Å²) in [6.45, 7) is 1.34. The van der Waals surface area contributed by atoms with Gasteiger partial charge in [0.25, 0.3) is 0 Å². The van der Waals surface area contributed by atoms with Gasteiger partial charge in [-0.1, -0.05) is 40.9 Å². The standard InChI is InChI=1S/C13H16Cl3NO4S/c1-9(18)21-10(11-4-3-7-22-11)5-6-17(2)12(19)20-8-13(14,15)16/h3-4,7,10H,5-6,8H2,1-2H3/t10-/m0/s1. The van der Waals surface area contributed by atoms with Crippen molar-refractivity contribution in [2.24, 2.45) is 0 Å². The van der Waals surface area contributed by atoms with Crippen LogP contribution >= 0.6 is 46.1 Å². The fourth-order valence-electron chi connectivity index (χ4n) is 1.59. The topological polar surface area (TPSA) is 55.8 Å². The minimum atomic E-state index is -1.65. The molecule has 0 unspecified atom stereocenters. The van der Waals surface area contributed by atoms with E-state index in [9.17, 15) is 9.59 Å². The van der Waals surface area contributed by atoms with Gasteiger partial charge in [-0.05, 0) is 11.4 Å². The first-order chi connectivity index (χ1) is 10.2. The fourth-order valence-corrected chi connectivity index (χ4v) is 2.54. The van der Waals surface area contributed by atoms with Gasteiger partial charge in [-0.15, -0.1) is 11.3 Å². The Morgan fingerprint density at radius 1 is 1.41 bits per heavy atom. The Morgan fingerprint density at radius 3 is 2.59 bits per heavy atom. The molecular weight excluding hydrogens is 373 g/mol. The largest absolute Gasteiger partial charge is 0.457 e. The lowest BCUT2D eigenvalue weighted by atomic mass is 10.2. The van der Waals surface area contributed by atoms with Crippen LogP contribution in [-0.4, -0.2) is 41.0 Å². The van der Waals surface area contributed by atoms with E-state index in [0.29, 0.717) is 13.0 Å². The zero-order chi connectivity index (χ0) is 16.8. The van der Waals surface area contributed by atoms with Gasteiger partial charge in [-0.3, -0.25) is 4.79 Å². The van der Waals surface area contributed by atoms with E-state index in [1.165, 1.54) is 23.2 Å². The van der Waals surface area contributed by atoms with E-state index < -0.39 is 16.0 Å². The lowest BCUT2D eigenvalue weighted by Gasteiger charge is -2.21. The van der Waals surface area contributed by atoms with Crippen molar-refractivity contribution in [1.82, 2.24) is 4.90 Å². The van der Waals surface area contributed by atoms with E-state index >= 15 is 0 Å². The van der Waals surface area contributed by atoms with Gasteiger partial charge in [0.15, 0.2) is 0 Å². The molecule has 0 radical (unpaired) electrons. The molecule has 0 N–H and O–H groups in total. The van der Waals surface area contributed by atoms with E-state index in [4.69, 9.17) is 44.3 Å². The number of amides is 1. The normalized spacial score (nSPS) is 12.6. The second-order valence-corrected chi connectivity index (χ2v) is 7.99. The molecule has 0 aliphatic carbocycles. The maximum Gasteiger partial charge on any atom is 0.409 e. The number of nitrogens with zero attached hydrogens (tertiary/aromatic N) is 1. The lowest BCUT2D eigenvalue weighted by Crippen LogP contribution is -2.32. The van der Waals surface area contributed by atoms with Crippen LogP contribution in [0.5, 0.6) is 0 Å². The molecule has 5 nitrogen and oxygen atoms in total. The number of halogens is 3. The maximum absolute atomic E-state index is 11.7. The van der Waals surface area contributed by atoms with E-state index in [2.05, 4.69) is 0 Å². The first-order valence-electron chi connectivity index (χ1n) is 6.34. The molecular formula is C13H16Cl3NO4S. The summed E-state index contributed by atoms with van der Waals surface area (Å²) in [5.74, 6) is -0.375. The van der Waals surface area contributed by atoms with Gasteiger partial charge in [-0.2, -0.15) is 0 Å². The van der Waals surface area contributed by atoms with E-state index in [1.54, 1.807) is 7.05 Å². The number of rotatable bonds is 6. The first-order valence-corrected chi connectivity index (χ1v) is 8.35. The second-order valence-electron chi connectivity index (χ2n) is 4.49. The van der Waals surface area contributed by atoms with Gasteiger partial charge in [0.2, 0.25) is 3.79 Å². The molecule has 0 saturated carbocycles. The molecule has 0 aliphatic heterocycles. The van der Waals surface area contributed by atoms with E-state index in [0.717, 1.165) is 4.88 Å². The highest BCUT2D eigenvalue weighted by molar-refractivity contribution is 7.10. The molecule has 1 heterocycles. The van der Waals surface area contributed by atoms with Crippen molar-refractivity contribution in [2.45, 2.75) is 23.2 Å². The SMILES string of the molecule is CC(=O)O[C@@H](CCN(C)C(=O)OCC(Cl)(Cl)Cl)c1cccs1. The van der Waals surface area contributed by atoms with Gasteiger partial charge < -0.3 is 14.4 Å². The van der Waals surface area contributed by atoms with Crippen LogP contribution in [0, 0.1) is 0 Å². The Bertz CT molecular complexity index is 490. The summed E-state index contributed by atoms with van der Waals surface area (Å²) in [7, 11) is 1.56. The minimum absolute atomic E-state index is 0.328. The quantitative estimate of drug-likeness (QED) is 0.542. The number of esters is 1. The van der Waals surface area contributed by atoms with Crippen molar-refractivity contribution >= 4 is 58.2 Å². The van der Waals surface area contributed by atoms with E-state index in [-0.39, 0.29) is 12.6 Å². The zero-order valence-electron chi connectivity index (χ0n) is 12.1. The highest BCUT2D eigenvalue weighted by Gasteiger charge is 2.24. The Hall–Kier alpha value is -0.690. The summed E-state index contributed by atoms with van der Waals surface area (Å²) in [5, 5.41) is 1.89. The number of hydrogen-bond acceptors (Lipinski definition) is 5. The summed E-state index contributed by atoms with van der Waals surface area (Å²) < 4.78 is 8.48. The predicted octanol–water partition coefficient (Wildman–Crippen LogP) is 4.18. The fraction of sp³-hybridized carbons (Fsp3) is 0.538. The Balaban J connectivity index is 2.50. The molecule has 0 aromatic carbocycles. The van der Waals surface area contributed by atoms with Crippen molar-refractivity contribution in [3.63, 3.8) is 0 Å². The van der Waals surface area contributed by atoms with Gasteiger partial charge in [0.05, 0.1) is 0 Å². The minimum Gasteiger partial charge on any atom is -0.457 e. The molecule has 124 valence electrons. The molecule has 22 heavy (non-hydrogen) atoms. The predicted molar refractivity (Wildman–Crippen MR) is 87.7 cm³/mol. The number of thiophene rings is 1. The molecule has 1 aromatic heterocycles. The summed E-state index contributed by atoms with van der Waals surface area (Å²) in [5.41, 5.74) is 0. The Kier molecular flexibility index (Phi) is 7.76. The Labute approximate surface area is 148 Å². The average Bonchev–Trinajstić information content (AvgIpc) is 2.93. The molecule has 1 rings (SSSR count). The summed E-state index contributed by atoms with van der Waals surface area (Å²) in [4.78, 5) is 25.2. The molecule has 0 spiro atoms. The van der Waals surface area contributed by atoms with Crippen molar-refractivity contribution in [2.75, 3.05) is 20.2 Å². The van der Waals surface area contributed by atoms with Crippen LogP contribution in [0.25, 0.3) is 0 Å². The second kappa shape index (κ2) is 8.82. The molecule has 9 heteroatoms. The maximum atomic E-state index is 11.7. The first kappa shape index (κ1) is 19.4. The number of carbonyl (C=O) groups excluding carboxylic acids is 2. The van der Waals surface area contributed by atoms with E-state index in [1.807, 2.05) is 17.5 Å². The van der Waals surface area contributed by atoms with Crippen LogP contribution in [0.15, 0.2) is 17.5 Å². The van der Waals surface area contributed by atoms with Crippen LogP contribution < -0.4 is 0 Å². The summed E-state index contributed by atoms with van der Waals surface area (Å²) >= 11 is 18.0. The highest BCUT2D eigenvalue weighted by Crippen LogP contribution is 2.27. The monoisotopic (exact) mass is 387 g/mol. The van der Waals surface area contributed by atoms with Crippen LogP contribution in [0.3, 0.4) is 0 Å². The van der Waals surface area contributed by atoms with Gasteiger partial charge in [-0.25, -0.2) is 4.79 Å². The highest BCUT2D eigenvalue weighted by atomic mass is 35.6. The average molecular weight is 389 g/mol. The van der Waals surface area contributed by atoms with Crippen molar-refractivity contribution < 1.29 is 19.1 Å². The third kappa shape index (κ3) is 7.54. The van der Waals surface area contributed by atoms with Crippen LogP contribution in [-0.2, 0) is 14.3 Å². The number of alkyl halides is 3. The third-order valence-electron chi connectivity index (χ3n) is 2.57. The Morgan fingerprint density at radius 2 is 2.09 bits per heavy atom. The molecule has 1 amide bonds. The lowest BCUT2D eigenvalue weighted by molar-refractivity contribution is -0.147. The smallest absolute Gasteiger partial charge is 0.409 e. The number of carbonyl (C=O) groups is 2. The molecule has 0 saturated heterocycles. The van der Waals surface area contributed by atoms with Crippen LogP contribution in [0.4, 0.5) is 4.79 Å². The van der Waals surface area contributed by atoms with Gasteiger partial charge in [0.1, 0.15) is 12.7 Å². The molecule has 1 atom stereocenters. The molecule has 0 aliphatic rings. The van der Waals surface area contributed by atoms with Crippen molar-refractivity contribution in [3.8, 4) is 0 Å². The zero-order valence-corrected chi connectivity index (χ0v) is 15.1.